The lowest BCUT2D eigenvalue weighted by Crippen LogP contribution is -2.34. The number of hydrogen-bond acceptors (Lipinski definition) is 4. The van der Waals surface area contributed by atoms with Crippen LogP contribution in [-0.4, -0.2) is 33.9 Å². The van der Waals surface area contributed by atoms with Gasteiger partial charge in [0.15, 0.2) is 17.6 Å². The number of hydrogen-bond donors (Lipinski definition) is 2. The van der Waals surface area contributed by atoms with Crippen LogP contribution in [0.4, 0.5) is 4.39 Å². The van der Waals surface area contributed by atoms with Gasteiger partial charge in [0.05, 0.1) is 24.6 Å². The standard InChI is InChI=1S/C18H20FN3O4/c1-10-5-6-22-14(7-10)12(9-20-22)17(23)21-16(18(24)25)11-3-4-15(26-2)13(19)8-11/h3-4,8-10,16H,5-7H2,1-2H3,(H,21,23)(H,24,25). The molecule has 0 saturated heterocycles. The van der Waals surface area contributed by atoms with E-state index in [1.807, 2.05) is 0 Å². The van der Waals surface area contributed by atoms with Gasteiger partial charge in [-0.05, 0) is 36.5 Å². The number of rotatable bonds is 5. The van der Waals surface area contributed by atoms with Crippen molar-refractivity contribution in [2.75, 3.05) is 7.11 Å². The number of methoxy groups -OCH3 is 1. The number of benzene rings is 1. The number of carbonyl (C=O) groups excluding carboxylic acids is 1. The van der Waals surface area contributed by atoms with Crippen LogP contribution in [0.1, 0.15) is 41.0 Å². The monoisotopic (exact) mass is 361 g/mol. The van der Waals surface area contributed by atoms with E-state index < -0.39 is 23.7 Å². The second-order valence-electron chi connectivity index (χ2n) is 6.46. The van der Waals surface area contributed by atoms with Gasteiger partial charge in [0.25, 0.3) is 5.91 Å². The van der Waals surface area contributed by atoms with Crippen molar-refractivity contribution >= 4 is 11.9 Å². The first-order chi connectivity index (χ1) is 12.4. The molecule has 138 valence electrons. The highest BCUT2D eigenvalue weighted by molar-refractivity contribution is 5.97. The van der Waals surface area contributed by atoms with Crippen molar-refractivity contribution in [1.29, 1.82) is 0 Å². The molecule has 2 unspecified atom stereocenters. The number of carboxylic acid groups (broad SMARTS) is 1. The molecule has 1 aliphatic heterocycles. The molecule has 1 aromatic heterocycles. The van der Waals surface area contributed by atoms with Crippen LogP contribution >= 0.6 is 0 Å². The lowest BCUT2D eigenvalue weighted by atomic mass is 9.96. The number of amides is 1. The molecule has 8 heteroatoms. The Morgan fingerprint density at radius 1 is 1.46 bits per heavy atom. The number of nitrogens with one attached hydrogen (secondary N) is 1. The van der Waals surface area contributed by atoms with Crippen LogP contribution in [0.25, 0.3) is 0 Å². The molecule has 0 spiro atoms. The van der Waals surface area contributed by atoms with Gasteiger partial charge in [0.2, 0.25) is 0 Å². The lowest BCUT2D eigenvalue weighted by molar-refractivity contribution is -0.139. The highest BCUT2D eigenvalue weighted by Gasteiger charge is 2.28. The summed E-state index contributed by atoms with van der Waals surface area (Å²) in [6, 6.07) is 2.42. The maximum absolute atomic E-state index is 13.9. The fourth-order valence-electron chi connectivity index (χ4n) is 3.14. The summed E-state index contributed by atoms with van der Waals surface area (Å²) in [7, 11) is 1.32. The zero-order valence-corrected chi connectivity index (χ0v) is 14.5. The SMILES string of the molecule is COc1ccc(C(NC(=O)c2cnn3c2CC(C)CC3)C(=O)O)cc1F. The predicted octanol–water partition coefficient (Wildman–Crippen LogP) is 2.17. The molecule has 2 N–H and O–H groups in total. The van der Waals surface area contributed by atoms with Crippen LogP contribution in [0.3, 0.4) is 0 Å². The summed E-state index contributed by atoms with van der Waals surface area (Å²) in [5.74, 6) is -2.08. The van der Waals surface area contributed by atoms with E-state index in [-0.39, 0.29) is 11.3 Å². The predicted molar refractivity (Wildman–Crippen MR) is 90.5 cm³/mol. The Bertz CT molecular complexity index is 849. The van der Waals surface area contributed by atoms with Gasteiger partial charge >= 0.3 is 5.97 Å². The average Bonchev–Trinajstić information content (AvgIpc) is 3.02. The Morgan fingerprint density at radius 3 is 2.88 bits per heavy atom. The van der Waals surface area contributed by atoms with Crippen LogP contribution in [0.5, 0.6) is 5.75 Å². The number of halogens is 1. The van der Waals surface area contributed by atoms with Gasteiger partial charge in [-0.2, -0.15) is 5.10 Å². The van der Waals surface area contributed by atoms with E-state index >= 15 is 0 Å². The first kappa shape index (κ1) is 17.9. The van der Waals surface area contributed by atoms with Gasteiger partial charge < -0.3 is 15.2 Å². The molecule has 26 heavy (non-hydrogen) atoms. The summed E-state index contributed by atoms with van der Waals surface area (Å²) in [5.41, 5.74) is 1.28. The number of fused-ring (bicyclic) bond motifs is 1. The van der Waals surface area contributed by atoms with Crippen molar-refractivity contribution in [3.05, 3.63) is 47.0 Å². The van der Waals surface area contributed by atoms with Gasteiger partial charge in [-0.1, -0.05) is 13.0 Å². The minimum absolute atomic E-state index is 0.00362. The van der Waals surface area contributed by atoms with E-state index in [2.05, 4.69) is 17.3 Å². The van der Waals surface area contributed by atoms with Gasteiger partial charge in [-0.25, -0.2) is 9.18 Å². The van der Waals surface area contributed by atoms with Crippen LogP contribution < -0.4 is 10.1 Å². The highest BCUT2D eigenvalue weighted by atomic mass is 19.1. The van der Waals surface area contributed by atoms with E-state index in [0.717, 1.165) is 24.7 Å². The van der Waals surface area contributed by atoms with Crippen LogP contribution in [-0.2, 0) is 17.8 Å². The highest BCUT2D eigenvalue weighted by Crippen LogP contribution is 2.25. The Kier molecular flexibility index (Phi) is 4.92. The molecule has 2 atom stereocenters. The summed E-state index contributed by atoms with van der Waals surface area (Å²) in [4.78, 5) is 24.3. The fraction of sp³-hybridized carbons (Fsp3) is 0.389. The number of aromatic nitrogens is 2. The van der Waals surface area contributed by atoms with Crippen LogP contribution in [0.2, 0.25) is 0 Å². The molecule has 0 fully saturated rings. The van der Waals surface area contributed by atoms with Gasteiger partial charge in [0, 0.05) is 6.54 Å². The molecule has 1 aliphatic rings. The molecule has 0 bridgehead atoms. The van der Waals surface area contributed by atoms with Crippen LogP contribution in [0, 0.1) is 11.7 Å². The largest absolute Gasteiger partial charge is 0.494 e. The minimum Gasteiger partial charge on any atom is -0.494 e. The maximum Gasteiger partial charge on any atom is 0.330 e. The summed E-state index contributed by atoms with van der Waals surface area (Å²) in [6.07, 6.45) is 3.15. The normalized spacial score (nSPS) is 17.3. The molecule has 0 saturated carbocycles. The summed E-state index contributed by atoms with van der Waals surface area (Å²) >= 11 is 0. The first-order valence-electron chi connectivity index (χ1n) is 8.32. The second-order valence-corrected chi connectivity index (χ2v) is 6.46. The second kappa shape index (κ2) is 7.15. The van der Waals surface area contributed by atoms with Gasteiger partial charge in [0.1, 0.15) is 0 Å². The third kappa shape index (κ3) is 3.40. The molecule has 2 heterocycles. The molecule has 0 aliphatic carbocycles. The molecule has 7 nitrogen and oxygen atoms in total. The Balaban J connectivity index is 1.85. The number of aryl methyl sites for hydroxylation is 1. The van der Waals surface area contributed by atoms with E-state index in [9.17, 15) is 19.1 Å². The average molecular weight is 361 g/mol. The zero-order chi connectivity index (χ0) is 18.8. The van der Waals surface area contributed by atoms with E-state index in [1.54, 1.807) is 4.68 Å². The minimum atomic E-state index is -1.38. The molecule has 2 aromatic rings. The number of carboxylic acids is 1. The Labute approximate surface area is 149 Å². The van der Waals surface area contributed by atoms with Crippen molar-refractivity contribution in [2.45, 2.75) is 32.4 Å². The van der Waals surface area contributed by atoms with E-state index in [0.29, 0.717) is 17.9 Å². The zero-order valence-electron chi connectivity index (χ0n) is 14.5. The topological polar surface area (TPSA) is 93.5 Å². The summed E-state index contributed by atoms with van der Waals surface area (Å²) in [6.45, 7) is 2.83. The van der Waals surface area contributed by atoms with Crippen molar-refractivity contribution in [2.24, 2.45) is 5.92 Å². The maximum atomic E-state index is 13.9. The van der Waals surface area contributed by atoms with Gasteiger partial charge in [-0.3, -0.25) is 9.48 Å². The molecule has 3 rings (SSSR count). The fourth-order valence-corrected chi connectivity index (χ4v) is 3.14. The van der Waals surface area contributed by atoms with Crippen molar-refractivity contribution in [3.8, 4) is 5.75 Å². The van der Waals surface area contributed by atoms with Crippen molar-refractivity contribution in [1.82, 2.24) is 15.1 Å². The third-order valence-corrected chi connectivity index (χ3v) is 4.60. The van der Waals surface area contributed by atoms with E-state index in [4.69, 9.17) is 4.74 Å². The van der Waals surface area contributed by atoms with Gasteiger partial charge in [-0.15, -0.1) is 0 Å². The first-order valence-corrected chi connectivity index (χ1v) is 8.32. The number of ether oxygens (including phenoxy) is 1. The number of nitrogens with zero attached hydrogens (tertiary/aromatic N) is 2. The molecular weight excluding hydrogens is 341 g/mol. The Hall–Kier alpha value is -2.90. The molecular formula is C18H20FN3O4. The molecule has 1 aromatic carbocycles. The van der Waals surface area contributed by atoms with Crippen molar-refractivity contribution < 1.29 is 23.8 Å². The molecule has 0 radical (unpaired) electrons. The quantitative estimate of drug-likeness (QED) is 0.851. The summed E-state index contributed by atoms with van der Waals surface area (Å²) in [5, 5.41) is 16.2. The Morgan fingerprint density at radius 2 is 2.23 bits per heavy atom. The van der Waals surface area contributed by atoms with E-state index in [1.165, 1.54) is 25.4 Å². The smallest absolute Gasteiger partial charge is 0.330 e. The number of aliphatic carboxylic acids is 1. The number of carbonyl (C=O) groups is 2. The summed E-state index contributed by atoms with van der Waals surface area (Å²) < 4.78 is 20.5. The van der Waals surface area contributed by atoms with Crippen molar-refractivity contribution in [3.63, 3.8) is 0 Å². The third-order valence-electron chi connectivity index (χ3n) is 4.60. The van der Waals surface area contributed by atoms with Crippen LogP contribution in [0.15, 0.2) is 24.4 Å². The molecule has 1 amide bonds. The lowest BCUT2D eigenvalue weighted by Gasteiger charge is -2.21.